The maximum Gasteiger partial charge on any atom is 0.333 e. The first-order valence-corrected chi connectivity index (χ1v) is 10.8. The highest BCUT2D eigenvalue weighted by Crippen LogP contribution is 2.24. The van der Waals surface area contributed by atoms with Crippen LogP contribution in [-0.2, 0) is 26.3 Å². The molecule has 0 radical (unpaired) electrons. The lowest BCUT2D eigenvalue weighted by Crippen LogP contribution is -2.29. The van der Waals surface area contributed by atoms with Gasteiger partial charge in [-0.1, -0.05) is 24.3 Å². The number of ether oxygens (including phenoxy) is 3. The Kier molecular flexibility index (Phi) is 9.40. The van der Waals surface area contributed by atoms with Crippen molar-refractivity contribution in [3.63, 3.8) is 0 Å². The second kappa shape index (κ2) is 11.8. The van der Waals surface area contributed by atoms with Gasteiger partial charge in [-0.15, -0.1) is 0 Å². The van der Waals surface area contributed by atoms with Gasteiger partial charge in [0.1, 0.15) is 17.1 Å². The molecule has 3 N–H and O–H groups in total. The minimum Gasteiger partial charge on any atom is -0.493 e. The average Bonchev–Trinajstić information content (AvgIpc) is 2.74. The monoisotopic (exact) mass is 460 g/mol. The number of carboxylic acid groups (broad SMARTS) is 1. The van der Waals surface area contributed by atoms with Crippen LogP contribution in [-0.4, -0.2) is 52.2 Å². The van der Waals surface area contributed by atoms with E-state index in [1.165, 1.54) is 13.8 Å². The third kappa shape index (κ3) is 8.16. The van der Waals surface area contributed by atoms with Gasteiger partial charge in [-0.25, -0.2) is 4.79 Å². The minimum atomic E-state index is -1.57. The fraction of sp³-hybridized carbons (Fsp3) is 0.440. The van der Waals surface area contributed by atoms with Crippen molar-refractivity contribution >= 4 is 11.8 Å². The number of aliphatic hydroxyl groups is 2. The zero-order valence-electron chi connectivity index (χ0n) is 19.4. The van der Waals surface area contributed by atoms with E-state index in [9.17, 15) is 24.9 Å². The lowest BCUT2D eigenvalue weighted by molar-refractivity contribution is -0.153. The Morgan fingerprint density at radius 3 is 2.09 bits per heavy atom. The Hall–Kier alpha value is -2.94. The molecule has 33 heavy (non-hydrogen) atoms. The summed E-state index contributed by atoms with van der Waals surface area (Å²) < 4.78 is 16.5. The number of carbonyl (C=O) groups is 2. The van der Waals surface area contributed by atoms with E-state index in [1.54, 1.807) is 62.4 Å². The van der Waals surface area contributed by atoms with Crippen LogP contribution in [0.5, 0.6) is 11.5 Å². The van der Waals surface area contributed by atoms with Crippen LogP contribution in [0.1, 0.15) is 45.2 Å². The van der Waals surface area contributed by atoms with Crippen LogP contribution in [0.15, 0.2) is 48.5 Å². The van der Waals surface area contributed by atoms with Gasteiger partial charge in [-0.05, 0) is 63.1 Å². The van der Waals surface area contributed by atoms with E-state index in [2.05, 4.69) is 0 Å². The second-order valence-corrected chi connectivity index (χ2v) is 8.22. The Morgan fingerprint density at radius 1 is 1.00 bits per heavy atom. The first-order chi connectivity index (χ1) is 15.5. The molecule has 2 aromatic rings. The summed E-state index contributed by atoms with van der Waals surface area (Å²) in [5.74, 6) is -0.395. The third-order valence-electron chi connectivity index (χ3n) is 5.06. The van der Waals surface area contributed by atoms with Gasteiger partial charge in [-0.3, -0.25) is 4.79 Å². The molecule has 3 atom stereocenters. The SMILES string of the molecule is CC(=O)C(C)(O)c1ccc(OC(O)CCOc2ccc(CC(OC(C)C)C(=O)O)cc2)cc1. The standard InChI is InChI=1S/C25H32O8/c1-16(2)32-22(24(28)29)15-18-5-9-20(10-6-18)31-14-13-23(27)33-21-11-7-19(8-12-21)25(4,30)17(3)26/h5-12,16,22-23,27,30H,13-15H2,1-4H3,(H,28,29). The number of hydrogen-bond acceptors (Lipinski definition) is 7. The van der Waals surface area contributed by atoms with Crippen molar-refractivity contribution in [2.45, 2.75) is 64.6 Å². The molecule has 180 valence electrons. The number of carboxylic acids is 1. The molecular weight excluding hydrogens is 428 g/mol. The highest BCUT2D eigenvalue weighted by Gasteiger charge is 2.28. The summed E-state index contributed by atoms with van der Waals surface area (Å²) in [4.78, 5) is 22.9. The number of carbonyl (C=O) groups excluding carboxylic acids is 1. The molecule has 0 aliphatic carbocycles. The summed E-state index contributed by atoms with van der Waals surface area (Å²) in [5, 5.41) is 29.6. The van der Waals surface area contributed by atoms with E-state index in [0.29, 0.717) is 17.1 Å². The fourth-order valence-electron chi connectivity index (χ4n) is 3.01. The van der Waals surface area contributed by atoms with Gasteiger partial charge in [0.05, 0.1) is 12.7 Å². The van der Waals surface area contributed by atoms with Crippen LogP contribution in [0.25, 0.3) is 0 Å². The lowest BCUT2D eigenvalue weighted by atomic mass is 9.92. The first-order valence-electron chi connectivity index (χ1n) is 10.8. The smallest absolute Gasteiger partial charge is 0.333 e. The van der Waals surface area contributed by atoms with Gasteiger partial charge in [-0.2, -0.15) is 0 Å². The Bertz CT molecular complexity index is 903. The third-order valence-corrected chi connectivity index (χ3v) is 5.06. The van der Waals surface area contributed by atoms with Crippen molar-refractivity contribution in [1.29, 1.82) is 0 Å². The molecule has 0 fully saturated rings. The number of aliphatic hydroxyl groups excluding tert-OH is 1. The zero-order valence-corrected chi connectivity index (χ0v) is 19.4. The molecule has 8 heteroatoms. The summed E-state index contributed by atoms with van der Waals surface area (Å²) in [6, 6.07) is 13.3. The Balaban J connectivity index is 1.80. The van der Waals surface area contributed by atoms with Gasteiger partial charge in [0, 0.05) is 12.8 Å². The van der Waals surface area contributed by atoms with E-state index in [-0.39, 0.29) is 31.3 Å². The molecule has 0 amide bonds. The fourth-order valence-corrected chi connectivity index (χ4v) is 3.01. The highest BCUT2D eigenvalue weighted by molar-refractivity contribution is 5.85. The Morgan fingerprint density at radius 2 is 1.58 bits per heavy atom. The molecule has 0 bridgehead atoms. The molecule has 8 nitrogen and oxygen atoms in total. The number of hydrogen-bond donors (Lipinski definition) is 3. The summed E-state index contributed by atoms with van der Waals surface area (Å²) in [6.07, 6.45) is -1.74. The number of aliphatic carboxylic acids is 1. The molecule has 0 aliphatic heterocycles. The molecule has 0 heterocycles. The van der Waals surface area contributed by atoms with Crippen LogP contribution in [0.3, 0.4) is 0 Å². The van der Waals surface area contributed by atoms with Crippen molar-refractivity contribution in [2.24, 2.45) is 0 Å². The van der Waals surface area contributed by atoms with Crippen LogP contribution >= 0.6 is 0 Å². The van der Waals surface area contributed by atoms with Gasteiger partial charge in [0.15, 0.2) is 11.9 Å². The largest absolute Gasteiger partial charge is 0.493 e. The first kappa shape index (κ1) is 26.3. The Labute approximate surface area is 193 Å². The molecule has 0 saturated heterocycles. The molecule has 0 aliphatic rings. The topological polar surface area (TPSA) is 123 Å². The van der Waals surface area contributed by atoms with Crippen molar-refractivity contribution in [3.8, 4) is 11.5 Å². The molecule has 0 saturated carbocycles. The minimum absolute atomic E-state index is 0.185. The van der Waals surface area contributed by atoms with Crippen molar-refractivity contribution in [1.82, 2.24) is 0 Å². The number of benzene rings is 2. The maximum atomic E-state index is 11.5. The van der Waals surface area contributed by atoms with Gasteiger partial charge in [0.2, 0.25) is 6.29 Å². The second-order valence-electron chi connectivity index (χ2n) is 8.22. The summed E-state index contributed by atoms with van der Waals surface area (Å²) in [5.41, 5.74) is -0.323. The van der Waals surface area contributed by atoms with Crippen molar-refractivity contribution < 1.29 is 39.1 Å². The normalized spacial score (nSPS) is 14.9. The van der Waals surface area contributed by atoms with Crippen LogP contribution in [0, 0.1) is 0 Å². The van der Waals surface area contributed by atoms with E-state index >= 15 is 0 Å². The van der Waals surface area contributed by atoms with Gasteiger partial charge in [0.25, 0.3) is 0 Å². The highest BCUT2D eigenvalue weighted by atomic mass is 16.6. The lowest BCUT2D eigenvalue weighted by Gasteiger charge is -2.21. The summed E-state index contributed by atoms with van der Waals surface area (Å²) in [7, 11) is 0. The van der Waals surface area contributed by atoms with Crippen molar-refractivity contribution in [3.05, 3.63) is 59.7 Å². The predicted octanol–water partition coefficient (Wildman–Crippen LogP) is 3.07. The van der Waals surface area contributed by atoms with Crippen LogP contribution < -0.4 is 9.47 Å². The van der Waals surface area contributed by atoms with E-state index in [4.69, 9.17) is 14.2 Å². The summed E-state index contributed by atoms with van der Waals surface area (Å²) >= 11 is 0. The van der Waals surface area contributed by atoms with E-state index in [1.807, 2.05) is 0 Å². The number of rotatable bonds is 13. The van der Waals surface area contributed by atoms with Gasteiger partial charge >= 0.3 is 5.97 Å². The van der Waals surface area contributed by atoms with Crippen LogP contribution in [0.4, 0.5) is 0 Å². The molecule has 3 unspecified atom stereocenters. The molecular formula is C25H32O8. The zero-order chi connectivity index (χ0) is 24.6. The average molecular weight is 461 g/mol. The van der Waals surface area contributed by atoms with Crippen molar-refractivity contribution in [2.75, 3.05) is 6.61 Å². The molecule has 2 rings (SSSR count). The molecule has 0 spiro atoms. The van der Waals surface area contributed by atoms with Gasteiger partial charge < -0.3 is 29.5 Å². The predicted molar refractivity (Wildman–Crippen MR) is 121 cm³/mol. The number of ketones is 1. The quantitative estimate of drug-likeness (QED) is 0.390. The molecule has 2 aromatic carbocycles. The summed E-state index contributed by atoms with van der Waals surface area (Å²) in [6.45, 7) is 6.52. The van der Waals surface area contributed by atoms with Crippen LogP contribution in [0.2, 0.25) is 0 Å². The van der Waals surface area contributed by atoms with E-state index < -0.39 is 24.0 Å². The maximum absolute atomic E-state index is 11.5. The molecule has 0 aromatic heterocycles. The van der Waals surface area contributed by atoms with E-state index in [0.717, 1.165) is 5.56 Å². The number of Topliss-reactive ketones (excluding diaryl/α,β-unsaturated/α-hetero) is 1.